The van der Waals surface area contributed by atoms with Gasteiger partial charge in [-0.2, -0.15) is 0 Å². The molecule has 0 spiro atoms. The van der Waals surface area contributed by atoms with E-state index in [-0.39, 0.29) is 6.03 Å². The Morgan fingerprint density at radius 3 is 2.41 bits per heavy atom. The first-order valence-corrected chi connectivity index (χ1v) is 10.0. The molecule has 1 aromatic carbocycles. The molecule has 1 aromatic rings. The number of benzene rings is 1. The highest BCUT2D eigenvalue weighted by Crippen LogP contribution is 2.23. The standard InChI is InChI=1S/C21H31N3O3/c1-16-7-11-23(12-8-16)15-17-9-13-24(14-10-17)21(26)22-19-6-4-3-5-18(19)20(25)27-2/h3-6,16-17H,7-15H2,1-2H3,(H,22,26). The van der Waals surface area contributed by atoms with Crippen molar-refractivity contribution in [2.24, 2.45) is 11.8 Å². The minimum absolute atomic E-state index is 0.142. The first-order valence-electron chi connectivity index (χ1n) is 10.0. The van der Waals surface area contributed by atoms with Crippen molar-refractivity contribution in [1.29, 1.82) is 0 Å². The van der Waals surface area contributed by atoms with Crippen molar-refractivity contribution in [3.8, 4) is 0 Å². The number of anilines is 1. The Labute approximate surface area is 161 Å². The molecule has 0 unspecified atom stereocenters. The number of likely N-dealkylation sites (tertiary alicyclic amines) is 2. The Morgan fingerprint density at radius 1 is 1.07 bits per heavy atom. The number of methoxy groups -OCH3 is 1. The van der Waals surface area contributed by atoms with Crippen LogP contribution in [-0.2, 0) is 4.74 Å². The SMILES string of the molecule is COC(=O)c1ccccc1NC(=O)N1CCC(CN2CCC(C)CC2)CC1. The molecule has 0 atom stereocenters. The number of amides is 2. The fourth-order valence-corrected chi connectivity index (χ4v) is 4.00. The molecule has 27 heavy (non-hydrogen) atoms. The van der Waals surface area contributed by atoms with Gasteiger partial charge in [-0.15, -0.1) is 0 Å². The van der Waals surface area contributed by atoms with Gasteiger partial charge >= 0.3 is 12.0 Å². The largest absolute Gasteiger partial charge is 0.465 e. The molecular formula is C21H31N3O3. The third-order valence-electron chi connectivity index (χ3n) is 5.87. The summed E-state index contributed by atoms with van der Waals surface area (Å²) in [4.78, 5) is 28.9. The Bertz CT molecular complexity index is 648. The van der Waals surface area contributed by atoms with Crippen molar-refractivity contribution < 1.29 is 14.3 Å². The van der Waals surface area contributed by atoms with Crippen LogP contribution in [0.2, 0.25) is 0 Å². The van der Waals surface area contributed by atoms with Crippen molar-refractivity contribution in [3.63, 3.8) is 0 Å². The fraction of sp³-hybridized carbons (Fsp3) is 0.619. The van der Waals surface area contributed by atoms with Crippen molar-refractivity contribution in [2.75, 3.05) is 45.2 Å². The molecule has 2 aliphatic heterocycles. The van der Waals surface area contributed by atoms with E-state index < -0.39 is 5.97 Å². The summed E-state index contributed by atoms with van der Waals surface area (Å²) in [5.74, 6) is 1.09. The molecule has 0 aromatic heterocycles. The summed E-state index contributed by atoms with van der Waals surface area (Å²) in [6, 6.07) is 6.81. The fourth-order valence-electron chi connectivity index (χ4n) is 4.00. The molecule has 2 fully saturated rings. The van der Waals surface area contributed by atoms with Gasteiger partial charge in [0.1, 0.15) is 0 Å². The van der Waals surface area contributed by atoms with Gasteiger partial charge in [-0.05, 0) is 62.7 Å². The summed E-state index contributed by atoms with van der Waals surface area (Å²) in [6.07, 6.45) is 4.69. The maximum atomic E-state index is 12.6. The number of rotatable bonds is 4. The van der Waals surface area contributed by atoms with Crippen LogP contribution in [0.5, 0.6) is 0 Å². The number of piperidine rings is 2. The number of ether oxygens (including phenoxy) is 1. The zero-order chi connectivity index (χ0) is 19.2. The molecule has 0 radical (unpaired) electrons. The van der Waals surface area contributed by atoms with Crippen LogP contribution in [0, 0.1) is 11.8 Å². The van der Waals surface area contributed by atoms with Crippen LogP contribution in [0.25, 0.3) is 0 Å². The topological polar surface area (TPSA) is 61.9 Å². The van der Waals surface area contributed by atoms with Crippen LogP contribution in [0.3, 0.4) is 0 Å². The smallest absolute Gasteiger partial charge is 0.339 e. The van der Waals surface area contributed by atoms with E-state index in [9.17, 15) is 9.59 Å². The third kappa shape index (κ3) is 5.22. The number of urea groups is 1. The minimum Gasteiger partial charge on any atom is -0.465 e. The molecule has 6 heteroatoms. The highest BCUT2D eigenvalue weighted by Gasteiger charge is 2.26. The summed E-state index contributed by atoms with van der Waals surface area (Å²) < 4.78 is 4.79. The summed E-state index contributed by atoms with van der Waals surface area (Å²) in [6.45, 7) is 7.46. The number of carbonyl (C=O) groups is 2. The van der Waals surface area contributed by atoms with Gasteiger partial charge in [0.15, 0.2) is 0 Å². The molecular weight excluding hydrogens is 342 g/mol. The minimum atomic E-state index is -0.444. The highest BCUT2D eigenvalue weighted by molar-refractivity contribution is 6.00. The third-order valence-corrected chi connectivity index (χ3v) is 5.87. The molecule has 2 amide bonds. The van der Waals surface area contributed by atoms with Crippen molar-refractivity contribution >= 4 is 17.7 Å². The average molecular weight is 373 g/mol. The number of para-hydroxylation sites is 1. The lowest BCUT2D eigenvalue weighted by Gasteiger charge is -2.37. The summed E-state index contributed by atoms with van der Waals surface area (Å²) in [7, 11) is 1.34. The van der Waals surface area contributed by atoms with Crippen LogP contribution < -0.4 is 5.32 Å². The van der Waals surface area contributed by atoms with Crippen LogP contribution >= 0.6 is 0 Å². The molecule has 0 saturated carbocycles. The molecule has 0 bridgehead atoms. The van der Waals surface area contributed by atoms with Crippen LogP contribution in [-0.4, -0.2) is 61.6 Å². The summed E-state index contributed by atoms with van der Waals surface area (Å²) >= 11 is 0. The number of hydrogen-bond donors (Lipinski definition) is 1. The maximum Gasteiger partial charge on any atom is 0.339 e. The molecule has 2 aliphatic rings. The van der Waals surface area contributed by atoms with E-state index in [1.54, 1.807) is 24.3 Å². The lowest BCUT2D eigenvalue weighted by Crippen LogP contribution is -2.44. The summed E-state index contributed by atoms with van der Waals surface area (Å²) in [5.41, 5.74) is 0.876. The van der Waals surface area contributed by atoms with Gasteiger partial charge in [0.05, 0.1) is 18.4 Å². The van der Waals surface area contributed by atoms with Gasteiger partial charge in [0, 0.05) is 19.6 Å². The number of hydrogen-bond acceptors (Lipinski definition) is 4. The van der Waals surface area contributed by atoms with Crippen molar-refractivity contribution in [2.45, 2.75) is 32.6 Å². The second-order valence-electron chi connectivity index (χ2n) is 7.88. The number of esters is 1. The van der Waals surface area contributed by atoms with Gasteiger partial charge in [-0.25, -0.2) is 9.59 Å². The quantitative estimate of drug-likeness (QED) is 0.821. The predicted octanol–water partition coefficient (Wildman–Crippen LogP) is 3.45. The monoisotopic (exact) mass is 373 g/mol. The van der Waals surface area contributed by atoms with E-state index in [0.717, 1.165) is 38.4 Å². The van der Waals surface area contributed by atoms with Gasteiger partial charge in [0.25, 0.3) is 0 Å². The van der Waals surface area contributed by atoms with E-state index in [4.69, 9.17) is 4.74 Å². The summed E-state index contributed by atoms with van der Waals surface area (Å²) in [5, 5.41) is 2.87. The van der Waals surface area contributed by atoms with Gasteiger partial charge in [-0.3, -0.25) is 0 Å². The van der Waals surface area contributed by atoms with Crippen LogP contribution in [0.1, 0.15) is 43.0 Å². The van der Waals surface area contributed by atoms with Crippen LogP contribution in [0.4, 0.5) is 10.5 Å². The van der Waals surface area contributed by atoms with E-state index >= 15 is 0 Å². The Hall–Kier alpha value is -2.08. The second-order valence-corrected chi connectivity index (χ2v) is 7.88. The van der Waals surface area contributed by atoms with E-state index in [1.807, 2.05) is 4.90 Å². The first-order chi connectivity index (χ1) is 13.1. The number of carbonyl (C=O) groups excluding carboxylic acids is 2. The van der Waals surface area contributed by atoms with E-state index in [0.29, 0.717) is 17.2 Å². The maximum absolute atomic E-state index is 12.6. The van der Waals surface area contributed by atoms with Crippen molar-refractivity contribution in [3.05, 3.63) is 29.8 Å². The molecule has 2 saturated heterocycles. The number of nitrogens with one attached hydrogen (secondary N) is 1. The van der Waals surface area contributed by atoms with Gasteiger partial charge < -0.3 is 19.9 Å². The predicted molar refractivity (Wildman–Crippen MR) is 106 cm³/mol. The Kier molecular flexibility index (Phi) is 6.72. The second kappa shape index (κ2) is 9.22. The average Bonchev–Trinajstić information content (AvgIpc) is 2.70. The van der Waals surface area contributed by atoms with E-state index in [1.165, 1.54) is 33.0 Å². The Morgan fingerprint density at radius 2 is 1.74 bits per heavy atom. The van der Waals surface area contributed by atoms with Gasteiger partial charge in [0.2, 0.25) is 0 Å². The van der Waals surface area contributed by atoms with Crippen LogP contribution in [0.15, 0.2) is 24.3 Å². The molecule has 1 N–H and O–H groups in total. The normalized spacial score (nSPS) is 19.7. The molecule has 0 aliphatic carbocycles. The zero-order valence-electron chi connectivity index (χ0n) is 16.4. The number of nitrogens with zero attached hydrogens (tertiary/aromatic N) is 2. The lowest BCUT2D eigenvalue weighted by atomic mass is 9.93. The molecule has 6 nitrogen and oxygen atoms in total. The zero-order valence-corrected chi connectivity index (χ0v) is 16.4. The molecule has 148 valence electrons. The lowest BCUT2D eigenvalue weighted by molar-refractivity contribution is 0.0602. The van der Waals surface area contributed by atoms with E-state index in [2.05, 4.69) is 17.1 Å². The van der Waals surface area contributed by atoms with Crippen molar-refractivity contribution in [1.82, 2.24) is 9.80 Å². The molecule has 2 heterocycles. The molecule has 3 rings (SSSR count). The van der Waals surface area contributed by atoms with Gasteiger partial charge in [-0.1, -0.05) is 19.1 Å². The Balaban J connectivity index is 1.48. The first kappa shape index (κ1) is 19.7. The highest BCUT2D eigenvalue weighted by atomic mass is 16.5.